The van der Waals surface area contributed by atoms with Crippen molar-refractivity contribution in [3.63, 3.8) is 0 Å². The average Bonchev–Trinajstić information content (AvgIpc) is 3.39. The number of para-hydroxylation sites is 1. The van der Waals surface area contributed by atoms with Gasteiger partial charge in [0.2, 0.25) is 5.82 Å². The molecule has 0 spiro atoms. The maximum atomic E-state index is 12.9. The van der Waals surface area contributed by atoms with Crippen LogP contribution in [0.5, 0.6) is 5.75 Å². The Hall–Kier alpha value is -3.39. The van der Waals surface area contributed by atoms with E-state index in [1.165, 1.54) is 24.9 Å². The zero-order chi connectivity index (χ0) is 22.5. The number of rotatable bonds is 6. The monoisotopic (exact) mass is 447 g/mol. The molecule has 1 aromatic heterocycles. The van der Waals surface area contributed by atoms with Crippen LogP contribution in [0.2, 0.25) is 0 Å². The number of carbonyl (C=O) groups is 1. The van der Waals surface area contributed by atoms with E-state index >= 15 is 0 Å². The second-order valence-electron chi connectivity index (χ2n) is 8.46. The molecule has 0 saturated carbocycles. The Morgan fingerprint density at radius 2 is 1.82 bits per heavy atom. The van der Waals surface area contributed by atoms with Crippen molar-refractivity contribution in [1.29, 1.82) is 0 Å². The third-order valence-corrected chi connectivity index (χ3v) is 6.24. The van der Waals surface area contributed by atoms with E-state index in [1.54, 1.807) is 4.90 Å². The van der Waals surface area contributed by atoms with E-state index in [0.717, 1.165) is 18.7 Å². The first-order valence-electron chi connectivity index (χ1n) is 11.6. The summed E-state index contributed by atoms with van der Waals surface area (Å²) >= 11 is 0. The molecule has 33 heavy (non-hydrogen) atoms. The maximum Gasteiger partial charge on any atom is 0.261 e. The maximum absolute atomic E-state index is 12.9. The molecular formula is C25H29N5O3. The predicted molar refractivity (Wildman–Crippen MR) is 125 cm³/mol. The van der Waals surface area contributed by atoms with Crippen molar-refractivity contribution >= 4 is 11.6 Å². The van der Waals surface area contributed by atoms with Crippen LogP contribution in [-0.4, -0.2) is 60.3 Å². The fraction of sp³-hybridized carbons (Fsp3) is 0.400. The van der Waals surface area contributed by atoms with Crippen LogP contribution < -0.4 is 15.0 Å². The van der Waals surface area contributed by atoms with Crippen molar-refractivity contribution in [3.8, 4) is 17.1 Å². The van der Waals surface area contributed by atoms with E-state index in [4.69, 9.17) is 9.26 Å². The zero-order valence-electron chi connectivity index (χ0n) is 18.7. The van der Waals surface area contributed by atoms with E-state index in [0.29, 0.717) is 37.1 Å². The smallest absolute Gasteiger partial charge is 0.261 e. The van der Waals surface area contributed by atoms with E-state index in [2.05, 4.69) is 32.5 Å². The Balaban J connectivity index is 1.26. The van der Waals surface area contributed by atoms with Gasteiger partial charge in [-0.15, -0.1) is 0 Å². The summed E-state index contributed by atoms with van der Waals surface area (Å²) in [6.07, 6.45) is 3.81. The first kappa shape index (κ1) is 21.5. The number of hydrogen-bond donors (Lipinski definition) is 1. The van der Waals surface area contributed by atoms with Gasteiger partial charge >= 0.3 is 0 Å². The summed E-state index contributed by atoms with van der Waals surface area (Å²) in [4.78, 5) is 21.7. The second kappa shape index (κ2) is 10.0. The summed E-state index contributed by atoms with van der Waals surface area (Å²) in [6, 6.07) is 17.3. The Kier molecular flexibility index (Phi) is 6.53. The molecule has 5 rings (SSSR count). The highest BCUT2D eigenvalue weighted by Gasteiger charge is 2.32. The van der Waals surface area contributed by atoms with Gasteiger partial charge in [0, 0.05) is 44.0 Å². The molecule has 3 heterocycles. The summed E-state index contributed by atoms with van der Waals surface area (Å²) < 4.78 is 11.3. The van der Waals surface area contributed by atoms with Gasteiger partial charge in [0.1, 0.15) is 11.8 Å². The highest BCUT2D eigenvalue weighted by Crippen LogP contribution is 2.27. The largest absolute Gasteiger partial charge is 0.484 e. The van der Waals surface area contributed by atoms with Crippen LogP contribution >= 0.6 is 0 Å². The molecular weight excluding hydrogens is 418 g/mol. The number of carbonyl (C=O) groups excluding carboxylic acids is 1. The molecule has 8 heteroatoms. The summed E-state index contributed by atoms with van der Waals surface area (Å²) in [6.45, 7) is 4.03. The number of amides is 1. The van der Waals surface area contributed by atoms with Crippen molar-refractivity contribution in [2.75, 3.05) is 44.2 Å². The molecule has 1 amide bonds. The molecule has 1 atom stereocenters. The number of nitrogens with one attached hydrogen (secondary N) is 1. The van der Waals surface area contributed by atoms with Crippen molar-refractivity contribution < 1.29 is 14.1 Å². The Labute approximate surface area is 193 Å². The molecule has 2 aliphatic heterocycles. The molecule has 1 unspecified atom stereocenters. The quantitative estimate of drug-likeness (QED) is 0.621. The van der Waals surface area contributed by atoms with Gasteiger partial charge in [-0.05, 0) is 55.7 Å². The van der Waals surface area contributed by atoms with Crippen LogP contribution in [0.15, 0.2) is 59.1 Å². The van der Waals surface area contributed by atoms with E-state index in [9.17, 15) is 4.79 Å². The fourth-order valence-corrected chi connectivity index (χ4v) is 4.43. The standard InChI is InChI=1S/C25H29N5O3/c31-23(18-32-21-7-3-1-4-8-21)30-16-13-26-17-22(30)25-27-24(28-33-25)19-9-11-20(12-10-19)29-14-5-2-6-15-29/h1,3-4,7-12,22,26H,2,5-6,13-18H2. The lowest BCUT2D eigenvalue weighted by Gasteiger charge is -2.33. The van der Waals surface area contributed by atoms with Gasteiger partial charge in [-0.2, -0.15) is 4.98 Å². The molecule has 0 aliphatic carbocycles. The van der Waals surface area contributed by atoms with Crippen molar-refractivity contribution in [2.45, 2.75) is 25.3 Å². The highest BCUT2D eigenvalue weighted by atomic mass is 16.5. The van der Waals surface area contributed by atoms with Crippen LogP contribution in [0.3, 0.4) is 0 Å². The lowest BCUT2D eigenvalue weighted by atomic mass is 10.1. The van der Waals surface area contributed by atoms with Gasteiger partial charge in [-0.3, -0.25) is 4.79 Å². The molecule has 2 fully saturated rings. The van der Waals surface area contributed by atoms with Gasteiger partial charge in [-0.1, -0.05) is 23.4 Å². The Bertz CT molecular complexity index is 1050. The lowest BCUT2D eigenvalue weighted by Crippen LogP contribution is -2.50. The van der Waals surface area contributed by atoms with Gasteiger partial charge in [-0.25, -0.2) is 0 Å². The van der Waals surface area contributed by atoms with Crippen LogP contribution in [0.4, 0.5) is 5.69 Å². The normalized spacial score (nSPS) is 18.8. The average molecular weight is 448 g/mol. The van der Waals surface area contributed by atoms with Crippen molar-refractivity contribution in [1.82, 2.24) is 20.4 Å². The lowest BCUT2D eigenvalue weighted by molar-refractivity contribution is -0.137. The predicted octanol–water partition coefficient (Wildman–Crippen LogP) is 3.28. The second-order valence-corrected chi connectivity index (χ2v) is 8.46. The number of benzene rings is 2. The summed E-state index contributed by atoms with van der Waals surface area (Å²) in [5.41, 5.74) is 2.13. The molecule has 0 bridgehead atoms. The molecule has 0 radical (unpaired) electrons. The zero-order valence-corrected chi connectivity index (χ0v) is 18.7. The Morgan fingerprint density at radius 1 is 1.03 bits per heavy atom. The van der Waals surface area contributed by atoms with Gasteiger partial charge in [0.05, 0.1) is 0 Å². The first-order chi connectivity index (χ1) is 16.3. The summed E-state index contributed by atoms with van der Waals surface area (Å²) in [5, 5.41) is 7.51. The van der Waals surface area contributed by atoms with Gasteiger partial charge in [0.15, 0.2) is 6.61 Å². The summed E-state index contributed by atoms with van der Waals surface area (Å²) in [5.74, 6) is 1.54. The van der Waals surface area contributed by atoms with E-state index in [1.807, 2.05) is 42.5 Å². The number of piperidine rings is 1. The molecule has 2 aromatic carbocycles. The molecule has 2 saturated heterocycles. The molecule has 3 aromatic rings. The third kappa shape index (κ3) is 5.01. The fourth-order valence-electron chi connectivity index (χ4n) is 4.43. The minimum absolute atomic E-state index is 0.0283. The van der Waals surface area contributed by atoms with E-state index < -0.39 is 0 Å². The third-order valence-electron chi connectivity index (χ3n) is 6.24. The first-order valence-corrected chi connectivity index (χ1v) is 11.6. The Morgan fingerprint density at radius 3 is 2.61 bits per heavy atom. The van der Waals surface area contributed by atoms with Crippen LogP contribution in [-0.2, 0) is 4.79 Å². The SMILES string of the molecule is O=C(COc1ccccc1)N1CCNCC1c1nc(-c2ccc(N3CCCCC3)cc2)no1. The minimum atomic E-state index is -0.320. The minimum Gasteiger partial charge on any atom is -0.484 e. The molecule has 1 N–H and O–H groups in total. The van der Waals surface area contributed by atoms with Gasteiger partial charge < -0.3 is 24.4 Å². The number of hydrogen-bond acceptors (Lipinski definition) is 7. The highest BCUT2D eigenvalue weighted by molar-refractivity contribution is 5.78. The molecule has 172 valence electrons. The van der Waals surface area contributed by atoms with Crippen LogP contribution in [0.1, 0.15) is 31.2 Å². The van der Waals surface area contributed by atoms with E-state index in [-0.39, 0.29) is 18.6 Å². The topological polar surface area (TPSA) is 83.7 Å². The van der Waals surface area contributed by atoms with Crippen LogP contribution in [0, 0.1) is 0 Å². The van der Waals surface area contributed by atoms with Gasteiger partial charge in [0.25, 0.3) is 11.8 Å². The van der Waals surface area contributed by atoms with Crippen molar-refractivity contribution in [3.05, 3.63) is 60.5 Å². The molecule has 2 aliphatic rings. The van der Waals surface area contributed by atoms with Crippen molar-refractivity contribution in [2.24, 2.45) is 0 Å². The number of nitrogens with zero attached hydrogens (tertiary/aromatic N) is 4. The summed E-state index contributed by atoms with van der Waals surface area (Å²) in [7, 11) is 0. The molecule has 8 nitrogen and oxygen atoms in total. The number of ether oxygens (including phenoxy) is 1. The number of anilines is 1. The van der Waals surface area contributed by atoms with Crippen LogP contribution in [0.25, 0.3) is 11.4 Å². The number of aromatic nitrogens is 2. The number of piperazine rings is 1.